The van der Waals surface area contributed by atoms with Crippen molar-refractivity contribution in [3.63, 3.8) is 0 Å². The number of nitrogen functional groups attached to an aromatic ring is 1. The molecule has 5 N–H and O–H groups in total. The zero-order chi connectivity index (χ0) is 25.7. The topological polar surface area (TPSA) is 116 Å². The highest BCUT2D eigenvalue weighted by molar-refractivity contribution is 6.43. The number of benzene rings is 2. The van der Waals surface area contributed by atoms with Crippen LogP contribution in [0, 0.1) is 0 Å². The SMILES string of the molecule is CC1(NCc2ccc(/C=C/C(=O)NO)cc2)CCN(c2cnc(-c3cccc(Cl)c3Cl)c(N)n2)CC1. The van der Waals surface area contributed by atoms with E-state index in [1.165, 1.54) is 6.08 Å². The van der Waals surface area contributed by atoms with Crippen molar-refractivity contribution in [3.8, 4) is 11.3 Å². The number of carbonyl (C=O) groups is 1. The van der Waals surface area contributed by atoms with Crippen molar-refractivity contribution in [3.05, 3.63) is 75.9 Å². The number of nitrogens with two attached hydrogens (primary N) is 1. The third-order valence-corrected chi connectivity index (χ3v) is 7.24. The Bertz CT molecular complexity index is 1260. The van der Waals surface area contributed by atoms with Crippen molar-refractivity contribution in [2.24, 2.45) is 0 Å². The number of carbonyl (C=O) groups excluding carboxylic acids is 1. The van der Waals surface area contributed by atoms with Gasteiger partial charge in [-0.05, 0) is 43.0 Å². The number of amides is 1. The van der Waals surface area contributed by atoms with E-state index in [9.17, 15) is 4.79 Å². The molecule has 0 saturated carbocycles. The first-order valence-corrected chi connectivity index (χ1v) is 12.3. The van der Waals surface area contributed by atoms with Crippen LogP contribution in [0.4, 0.5) is 11.6 Å². The van der Waals surface area contributed by atoms with Gasteiger partial charge in [-0.25, -0.2) is 15.4 Å². The largest absolute Gasteiger partial charge is 0.382 e. The average Bonchev–Trinajstić information content (AvgIpc) is 2.89. The van der Waals surface area contributed by atoms with Crippen LogP contribution < -0.4 is 21.4 Å². The summed E-state index contributed by atoms with van der Waals surface area (Å²) >= 11 is 12.5. The van der Waals surface area contributed by atoms with Crippen molar-refractivity contribution in [2.45, 2.75) is 31.8 Å². The first-order chi connectivity index (χ1) is 17.3. The fourth-order valence-electron chi connectivity index (χ4n) is 4.12. The Labute approximate surface area is 220 Å². The van der Waals surface area contributed by atoms with Gasteiger partial charge >= 0.3 is 0 Å². The van der Waals surface area contributed by atoms with Crippen LogP contribution >= 0.6 is 23.2 Å². The zero-order valence-corrected chi connectivity index (χ0v) is 21.4. The lowest BCUT2D eigenvalue weighted by Gasteiger charge is -2.40. The molecule has 1 fully saturated rings. The molecule has 188 valence electrons. The van der Waals surface area contributed by atoms with Crippen LogP contribution in [0.25, 0.3) is 17.3 Å². The van der Waals surface area contributed by atoms with E-state index in [4.69, 9.17) is 34.1 Å². The normalized spacial score (nSPS) is 15.3. The molecule has 1 aromatic heterocycles. The van der Waals surface area contributed by atoms with E-state index in [0.717, 1.165) is 49.4 Å². The third kappa shape index (κ3) is 6.14. The summed E-state index contributed by atoms with van der Waals surface area (Å²) in [7, 11) is 0. The number of halogens is 2. The molecule has 0 radical (unpaired) electrons. The molecule has 10 heteroatoms. The average molecular weight is 527 g/mol. The third-order valence-electron chi connectivity index (χ3n) is 6.42. The smallest absolute Gasteiger partial charge is 0.267 e. The van der Waals surface area contributed by atoms with E-state index in [1.807, 2.05) is 36.4 Å². The Balaban J connectivity index is 1.34. The Morgan fingerprint density at radius 3 is 2.58 bits per heavy atom. The second-order valence-electron chi connectivity index (χ2n) is 9.02. The summed E-state index contributed by atoms with van der Waals surface area (Å²) in [6, 6.07) is 13.3. The van der Waals surface area contributed by atoms with Crippen LogP contribution in [-0.2, 0) is 11.3 Å². The van der Waals surface area contributed by atoms with E-state index >= 15 is 0 Å². The molecule has 0 spiro atoms. The Kier molecular flexibility index (Phi) is 8.11. The number of anilines is 2. The quantitative estimate of drug-likeness (QED) is 0.200. The predicted molar refractivity (Wildman–Crippen MR) is 144 cm³/mol. The minimum Gasteiger partial charge on any atom is -0.382 e. The molecule has 1 aliphatic rings. The van der Waals surface area contributed by atoms with Crippen molar-refractivity contribution in [1.29, 1.82) is 0 Å². The van der Waals surface area contributed by atoms with Crippen LogP contribution in [0.3, 0.4) is 0 Å². The Morgan fingerprint density at radius 1 is 1.19 bits per heavy atom. The van der Waals surface area contributed by atoms with Gasteiger partial charge in [0.1, 0.15) is 11.5 Å². The molecule has 0 bridgehead atoms. The highest BCUT2D eigenvalue weighted by Crippen LogP contribution is 2.35. The maximum absolute atomic E-state index is 11.1. The fraction of sp³-hybridized carbons (Fsp3) is 0.269. The lowest BCUT2D eigenvalue weighted by atomic mass is 9.89. The fourth-order valence-corrected chi connectivity index (χ4v) is 4.51. The molecule has 0 aliphatic carbocycles. The summed E-state index contributed by atoms with van der Waals surface area (Å²) in [6.07, 6.45) is 6.53. The maximum atomic E-state index is 11.1. The van der Waals surface area contributed by atoms with Crippen molar-refractivity contribution < 1.29 is 10.0 Å². The molecule has 2 aromatic carbocycles. The second-order valence-corrected chi connectivity index (χ2v) is 9.80. The van der Waals surface area contributed by atoms with Gasteiger partial charge < -0.3 is 16.0 Å². The summed E-state index contributed by atoms with van der Waals surface area (Å²) < 4.78 is 0. The molecule has 36 heavy (non-hydrogen) atoms. The zero-order valence-electron chi connectivity index (χ0n) is 19.8. The second kappa shape index (κ2) is 11.3. The van der Waals surface area contributed by atoms with E-state index < -0.39 is 5.91 Å². The van der Waals surface area contributed by atoms with Gasteiger partial charge in [-0.3, -0.25) is 10.0 Å². The number of hydrogen-bond donors (Lipinski definition) is 4. The number of aromatic nitrogens is 2. The lowest BCUT2D eigenvalue weighted by molar-refractivity contribution is -0.124. The van der Waals surface area contributed by atoms with Gasteiger partial charge in [-0.15, -0.1) is 0 Å². The number of piperidine rings is 1. The molecular weight excluding hydrogens is 499 g/mol. The van der Waals surface area contributed by atoms with E-state index in [-0.39, 0.29) is 5.54 Å². The molecule has 4 rings (SSSR count). The van der Waals surface area contributed by atoms with E-state index in [0.29, 0.717) is 27.1 Å². The van der Waals surface area contributed by atoms with Crippen LogP contribution in [-0.4, -0.2) is 39.7 Å². The molecule has 8 nitrogen and oxygen atoms in total. The molecule has 1 aliphatic heterocycles. The first-order valence-electron chi connectivity index (χ1n) is 11.6. The number of rotatable bonds is 7. The van der Waals surface area contributed by atoms with Crippen LogP contribution in [0.2, 0.25) is 10.0 Å². The standard InChI is InChI=1S/C26H28Cl2N6O2/c1-26(31-15-18-7-5-17(6-8-18)9-10-22(35)33-36)11-13-34(14-12-26)21-16-30-24(25(29)32-21)19-3-2-4-20(27)23(19)28/h2-10,16,31,36H,11-15H2,1H3,(H2,29,32)(H,33,35)/b10-9+. The molecule has 3 aromatic rings. The van der Waals surface area contributed by atoms with Gasteiger partial charge in [0, 0.05) is 36.8 Å². The lowest BCUT2D eigenvalue weighted by Crippen LogP contribution is -2.51. The maximum Gasteiger partial charge on any atom is 0.267 e. The summed E-state index contributed by atoms with van der Waals surface area (Å²) in [4.78, 5) is 22.4. The monoisotopic (exact) mass is 526 g/mol. The van der Waals surface area contributed by atoms with Crippen molar-refractivity contribution >= 4 is 46.8 Å². The van der Waals surface area contributed by atoms with Crippen LogP contribution in [0.15, 0.2) is 54.7 Å². The molecular formula is C26H28Cl2N6O2. The molecule has 0 unspecified atom stereocenters. The molecule has 1 amide bonds. The van der Waals surface area contributed by atoms with Gasteiger partial charge in [0.25, 0.3) is 5.91 Å². The van der Waals surface area contributed by atoms with Crippen molar-refractivity contribution in [1.82, 2.24) is 20.8 Å². The first kappa shape index (κ1) is 25.9. The summed E-state index contributed by atoms with van der Waals surface area (Å²) in [6.45, 7) is 4.62. The van der Waals surface area contributed by atoms with Gasteiger partial charge in [-0.2, -0.15) is 0 Å². The Morgan fingerprint density at radius 2 is 1.92 bits per heavy atom. The summed E-state index contributed by atoms with van der Waals surface area (Å²) in [5.74, 6) is 0.503. The summed E-state index contributed by atoms with van der Waals surface area (Å²) in [5.41, 5.74) is 11.0. The highest BCUT2D eigenvalue weighted by atomic mass is 35.5. The van der Waals surface area contributed by atoms with Gasteiger partial charge in [0.05, 0.1) is 16.2 Å². The summed E-state index contributed by atoms with van der Waals surface area (Å²) in [5, 5.41) is 13.1. The van der Waals surface area contributed by atoms with Crippen LogP contribution in [0.1, 0.15) is 30.9 Å². The number of hydrogen-bond acceptors (Lipinski definition) is 7. The van der Waals surface area contributed by atoms with Crippen molar-refractivity contribution in [2.75, 3.05) is 23.7 Å². The number of hydroxylamine groups is 1. The molecule has 2 heterocycles. The van der Waals surface area contributed by atoms with Crippen LogP contribution in [0.5, 0.6) is 0 Å². The number of nitrogens with one attached hydrogen (secondary N) is 2. The molecule has 0 atom stereocenters. The molecule has 1 saturated heterocycles. The number of nitrogens with zero attached hydrogens (tertiary/aromatic N) is 3. The predicted octanol–water partition coefficient (Wildman–Crippen LogP) is 4.70. The van der Waals surface area contributed by atoms with Gasteiger partial charge in [0.15, 0.2) is 5.82 Å². The van der Waals surface area contributed by atoms with E-state index in [1.54, 1.807) is 23.8 Å². The minimum atomic E-state index is -0.560. The Hall–Kier alpha value is -3.17. The highest BCUT2D eigenvalue weighted by Gasteiger charge is 2.30. The van der Waals surface area contributed by atoms with Gasteiger partial charge in [0.2, 0.25) is 0 Å². The van der Waals surface area contributed by atoms with E-state index in [2.05, 4.69) is 27.1 Å². The minimum absolute atomic E-state index is 0.0124. The van der Waals surface area contributed by atoms with Gasteiger partial charge in [-0.1, -0.05) is 59.6 Å².